The maximum absolute atomic E-state index is 12.2. The quantitative estimate of drug-likeness (QED) is 0.765. The van der Waals surface area contributed by atoms with Crippen LogP contribution in [0, 0.1) is 6.92 Å². The van der Waals surface area contributed by atoms with Crippen LogP contribution in [0.15, 0.2) is 48.9 Å². The summed E-state index contributed by atoms with van der Waals surface area (Å²) < 4.78 is 0. The van der Waals surface area contributed by atoms with Gasteiger partial charge in [-0.15, -0.1) is 0 Å². The van der Waals surface area contributed by atoms with Gasteiger partial charge in [0, 0.05) is 41.6 Å². The first-order valence-corrected chi connectivity index (χ1v) is 6.49. The predicted molar refractivity (Wildman–Crippen MR) is 78.4 cm³/mol. The lowest BCUT2D eigenvalue weighted by Crippen LogP contribution is -2.23. The molecule has 0 unspecified atom stereocenters. The first kappa shape index (κ1) is 12.4. The van der Waals surface area contributed by atoms with Gasteiger partial charge in [-0.25, -0.2) is 0 Å². The molecular formula is C16H15N3O. The van der Waals surface area contributed by atoms with Gasteiger partial charge >= 0.3 is 0 Å². The summed E-state index contributed by atoms with van der Waals surface area (Å²) in [5.41, 5.74) is 3.85. The Morgan fingerprint density at radius 2 is 2.20 bits per heavy atom. The summed E-state index contributed by atoms with van der Waals surface area (Å²) in [6.45, 7) is 2.50. The molecule has 3 aromatic rings. The van der Waals surface area contributed by atoms with Crippen molar-refractivity contribution in [2.45, 2.75) is 13.5 Å². The summed E-state index contributed by atoms with van der Waals surface area (Å²) in [5.74, 6) is -0.0728. The Balaban J connectivity index is 1.74. The minimum atomic E-state index is -0.0728. The Hall–Kier alpha value is -2.62. The summed E-state index contributed by atoms with van der Waals surface area (Å²) in [6.07, 6.45) is 5.40. The summed E-state index contributed by atoms with van der Waals surface area (Å²) in [6, 6.07) is 9.52. The number of nitrogens with one attached hydrogen (secondary N) is 2. The Morgan fingerprint density at radius 3 is 3.05 bits per heavy atom. The molecule has 0 bridgehead atoms. The number of aromatic amines is 1. The number of carbonyl (C=O) groups excluding carboxylic acids is 1. The second-order valence-electron chi connectivity index (χ2n) is 4.76. The molecule has 1 aromatic carbocycles. The Morgan fingerprint density at radius 1 is 1.30 bits per heavy atom. The number of aromatic nitrogens is 2. The molecule has 2 heterocycles. The summed E-state index contributed by atoms with van der Waals surface area (Å²) in [5, 5.41) is 3.96. The Labute approximate surface area is 116 Å². The van der Waals surface area contributed by atoms with Gasteiger partial charge in [-0.2, -0.15) is 0 Å². The van der Waals surface area contributed by atoms with Crippen LogP contribution >= 0.6 is 0 Å². The van der Waals surface area contributed by atoms with Crippen LogP contribution in [-0.2, 0) is 6.54 Å². The maximum atomic E-state index is 12.2. The summed E-state index contributed by atoms with van der Waals surface area (Å²) in [4.78, 5) is 19.3. The zero-order valence-electron chi connectivity index (χ0n) is 11.2. The van der Waals surface area contributed by atoms with Crippen molar-refractivity contribution in [2.24, 2.45) is 0 Å². The molecule has 0 spiro atoms. The second kappa shape index (κ2) is 5.17. The number of aryl methyl sites for hydroxylation is 1. The van der Waals surface area contributed by atoms with Gasteiger partial charge in [0.1, 0.15) is 0 Å². The molecule has 0 radical (unpaired) electrons. The van der Waals surface area contributed by atoms with Crippen LogP contribution in [0.5, 0.6) is 0 Å². The van der Waals surface area contributed by atoms with E-state index in [4.69, 9.17) is 0 Å². The molecule has 100 valence electrons. The molecule has 0 saturated heterocycles. The van der Waals surface area contributed by atoms with Crippen molar-refractivity contribution in [3.63, 3.8) is 0 Å². The molecule has 0 aliphatic carbocycles. The van der Waals surface area contributed by atoms with Gasteiger partial charge in [0.25, 0.3) is 5.91 Å². The van der Waals surface area contributed by atoms with Gasteiger partial charge in [0.05, 0.1) is 0 Å². The molecule has 2 aromatic heterocycles. The molecule has 0 atom stereocenters. The fraction of sp³-hybridized carbons (Fsp3) is 0.125. The van der Waals surface area contributed by atoms with E-state index in [-0.39, 0.29) is 5.91 Å². The molecule has 2 N–H and O–H groups in total. The first-order chi connectivity index (χ1) is 9.74. The van der Waals surface area contributed by atoms with Crippen molar-refractivity contribution in [2.75, 3.05) is 0 Å². The number of pyridine rings is 1. The van der Waals surface area contributed by atoms with Crippen molar-refractivity contribution in [3.05, 3.63) is 65.6 Å². The minimum absolute atomic E-state index is 0.0728. The number of carbonyl (C=O) groups is 1. The van der Waals surface area contributed by atoms with Crippen molar-refractivity contribution in [3.8, 4) is 0 Å². The van der Waals surface area contributed by atoms with Crippen LogP contribution in [0.3, 0.4) is 0 Å². The van der Waals surface area contributed by atoms with E-state index in [1.54, 1.807) is 12.4 Å². The van der Waals surface area contributed by atoms with Crippen molar-refractivity contribution in [1.29, 1.82) is 0 Å². The van der Waals surface area contributed by atoms with Crippen molar-refractivity contribution in [1.82, 2.24) is 15.3 Å². The van der Waals surface area contributed by atoms with Gasteiger partial charge in [-0.1, -0.05) is 0 Å². The third-order valence-electron chi connectivity index (χ3n) is 3.40. The lowest BCUT2D eigenvalue weighted by molar-refractivity contribution is 0.0951. The zero-order chi connectivity index (χ0) is 13.9. The minimum Gasteiger partial charge on any atom is -0.361 e. The summed E-state index contributed by atoms with van der Waals surface area (Å²) in [7, 11) is 0. The molecule has 20 heavy (non-hydrogen) atoms. The number of hydrogen-bond donors (Lipinski definition) is 2. The van der Waals surface area contributed by atoms with E-state index in [2.05, 4.69) is 15.3 Å². The first-order valence-electron chi connectivity index (χ1n) is 6.49. The largest absolute Gasteiger partial charge is 0.361 e. The van der Waals surface area contributed by atoms with Gasteiger partial charge in [-0.05, 0) is 48.4 Å². The highest BCUT2D eigenvalue weighted by Gasteiger charge is 2.07. The number of H-pyrrole nitrogens is 1. The molecule has 4 nitrogen and oxygen atoms in total. The van der Waals surface area contributed by atoms with Gasteiger partial charge in [0.15, 0.2) is 0 Å². The standard InChI is InChI=1S/C16H15N3O/c1-11-4-6-17-9-14(11)10-19-16(20)13-2-3-15-12(8-13)5-7-18-15/h2-9,18H,10H2,1H3,(H,19,20). The Kier molecular flexibility index (Phi) is 3.21. The number of fused-ring (bicyclic) bond motifs is 1. The average molecular weight is 265 g/mol. The molecule has 4 heteroatoms. The molecule has 1 amide bonds. The maximum Gasteiger partial charge on any atom is 0.251 e. The van der Waals surface area contributed by atoms with E-state index in [1.807, 2.05) is 43.5 Å². The van der Waals surface area contributed by atoms with E-state index in [0.717, 1.165) is 22.0 Å². The summed E-state index contributed by atoms with van der Waals surface area (Å²) >= 11 is 0. The fourth-order valence-electron chi connectivity index (χ4n) is 2.15. The Bertz CT molecular complexity index is 761. The van der Waals surface area contributed by atoms with Crippen LogP contribution in [0.2, 0.25) is 0 Å². The third kappa shape index (κ3) is 2.40. The van der Waals surface area contributed by atoms with E-state index in [1.165, 1.54) is 0 Å². The van der Waals surface area contributed by atoms with Gasteiger partial charge < -0.3 is 10.3 Å². The number of rotatable bonds is 3. The van der Waals surface area contributed by atoms with Crippen molar-refractivity contribution < 1.29 is 4.79 Å². The fourth-order valence-corrected chi connectivity index (χ4v) is 2.15. The molecule has 0 aliphatic rings. The van der Waals surface area contributed by atoms with Crippen LogP contribution in [0.4, 0.5) is 0 Å². The molecule has 3 rings (SSSR count). The highest BCUT2D eigenvalue weighted by molar-refractivity contribution is 5.98. The lowest BCUT2D eigenvalue weighted by Gasteiger charge is -2.07. The highest BCUT2D eigenvalue weighted by atomic mass is 16.1. The van der Waals surface area contributed by atoms with Gasteiger partial charge in [-0.3, -0.25) is 9.78 Å². The molecule has 0 fully saturated rings. The SMILES string of the molecule is Cc1ccncc1CNC(=O)c1ccc2[nH]ccc2c1. The van der Waals surface area contributed by atoms with Crippen LogP contribution < -0.4 is 5.32 Å². The van der Waals surface area contributed by atoms with E-state index >= 15 is 0 Å². The molecular weight excluding hydrogens is 250 g/mol. The highest BCUT2D eigenvalue weighted by Crippen LogP contribution is 2.14. The smallest absolute Gasteiger partial charge is 0.251 e. The molecule has 0 aliphatic heterocycles. The lowest BCUT2D eigenvalue weighted by atomic mass is 10.1. The number of benzene rings is 1. The van der Waals surface area contributed by atoms with E-state index < -0.39 is 0 Å². The van der Waals surface area contributed by atoms with Crippen LogP contribution in [0.1, 0.15) is 21.5 Å². The van der Waals surface area contributed by atoms with Crippen LogP contribution in [-0.4, -0.2) is 15.9 Å². The number of hydrogen-bond acceptors (Lipinski definition) is 2. The third-order valence-corrected chi connectivity index (χ3v) is 3.40. The van der Waals surface area contributed by atoms with Crippen LogP contribution in [0.25, 0.3) is 10.9 Å². The monoisotopic (exact) mass is 265 g/mol. The zero-order valence-corrected chi connectivity index (χ0v) is 11.2. The normalized spacial score (nSPS) is 10.7. The number of amides is 1. The van der Waals surface area contributed by atoms with E-state index in [0.29, 0.717) is 12.1 Å². The topological polar surface area (TPSA) is 57.8 Å². The van der Waals surface area contributed by atoms with Gasteiger partial charge in [0.2, 0.25) is 0 Å². The number of nitrogens with zero attached hydrogens (tertiary/aromatic N) is 1. The molecule has 0 saturated carbocycles. The predicted octanol–water partition coefficient (Wildman–Crippen LogP) is 2.80. The van der Waals surface area contributed by atoms with Crippen molar-refractivity contribution >= 4 is 16.8 Å². The average Bonchev–Trinajstić information content (AvgIpc) is 2.93. The van der Waals surface area contributed by atoms with E-state index in [9.17, 15) is 4.79 Å². The second-order valence-corrected chi connectivity index (χ2v) is 4.76.